The zero-order valence-electron chi connectivity index (χ0n) is 12.1. The topological polar surface area (TPSA) is 71.1 Å². The van der Waals surface area contributed by atoms with Crippen LogP contribution in [0.3, 0.4) is 0 Å². The van der Waals surface area contributed by atoms with Gasteiger partial charge in [0.1, 0.15) is 0 Å². The summed E-state index contributed by atoms with van der Waals surface area (Å²) in [4.78, 5) is 4.48. The van der Waals surface area contributed by atoms with E-state index in [-0.39, 0.29) is 0 Å². The summed E-state index contributed by atoms with van der Waals surface area (Å²) in [5, 5.41) is 6.47. The van der Waals surface area contributed by atoms with Gasteiger partial charge in [-0.3, -0.25) is 4.98 Å². The molecule has 0 aliphatic rings. The standard InChI is InChI=1S/C15H19N3O2S/c1-3-8-17-13-9-14(11-16-10-13)18-12-4-6-15(7-5-12)21(2,19)20/h4-7,9-11,17-18H,3,8H2,1-2H3. The van der Waals surface area contributed by atoms with Crippen molar-refractivity contribution in [3.63, 3.8) is 0 Å². The normalized spacial score (nSPS) is 11.1. The number of pyridine rings is 1. The predicted octanol–water partition coefficient (Wildman–Crippen LogP) is 3.05. The van der Waals surface area contributed by atoms with Crippen LogP contribution in [0.4, 0.5) is 17.1 Å². The van der Waals surface area contributed by atoms with Gasteiger partial charge < -0.3 is 10.6 Å². The molecule has 2 N–H and O–H groups in total. The lowest BCUT2D eigenvalue weighted by molar-refractivity contribution is 0.602. The fourth-order valence-electron chi connectivity index (χ4n) is 1.83. The van der Waals surface area contributed by atoms with Crippen molar-refractivity contribution in [1.82, 2.24) is 4.98 Å². The Balaban J connectivity index is 2.11. The van der Waals surface area contributed by atoms with Crippen LogP contribution in [0.25, 0.3) is 0 Å². The number of aromatic nitrogens is 1. The Hall–Kier alpha value is -2.08. The minimum atomic E-state index is -3.16. The molecule has 2 aromatic rings. The summed E-state index contributed by atoms with van der Waals surface area (Å²) in [5.41, 5.74) is 2.62. The van der Waals surface area contributed by atoms with Gasteiger partial charge in [0.2, 0.25) is 0 Å². The molecular formula is C15H19N3O2S. The zero-order chi connectivity index (χ0) is 15.3. The van der Waals surface area contributed by atoms with Gasteiger partial charge in [-0.1, -0.05) is 6.92 Å². The second kappa shape index (κ2) is 6.58. The summed E-state index contributed by atoms with van der Waals surface area (Å²) >= 11 is 0. The van der Waals surface area contributed by atoms with E-state index in [1.165, 1.54) is 6.26 Å². The Morgan fingerprint density at radius 3 is 2.33 bits per heavy atom. The number of benzene rings is 1. The van der Waals surface area contributed by atoms with Gasteiger partial charge in [0, 0.05) is 18.5 Å². The van der Waals surface area contributed by atoms with Gasteiger partial charge in [0.05, 0.1) is 28.7 Å². The fraction of sp³-hybridized carbons (Fsp3) is 0.267. The molecule has 5 nitrogen and oxygen atoms in total. The van der Waals surface area contributed by atoms with Crippen LogP contribution in [-0.4, -0.2) is 26.2 Å². The van der Waals surface area contributed by atoms with E-state index in [9.17, 15) is 8.42 Å². The Morgan fingerprint density at radius 1 is 1.05 bits per heavy atom. The van der Waals surface area contributed by atoms with Crippen LogP contribution in [-0.2, 0) is 9.84 Å². The first-order chi connectivity index (χ1) is 9.99. The molecule has 2 rings (SSSR count). The van der Waals surface area contributed by atoms with Crippen LogP contribution in [0.15, 0.2) is 47.6 Å². The number of hydrogen-bond acceptors (Lipinski definition) is 5. The third-order valence-electron chi connectivity index (χ3n) is 2.89. The van der Waals surface area contributed by atoms with Crippen molar-refractivity contribution in [3.05, 3.63) is 42.7 Å². The van der Waals surface area contributed by atoms with Gasteiger partial charge in [-0.15, -0.1) is 0 Å². The Kier molecular flexibility index (Phi) is 4.80. The molecule has 0 bridgehead atoms. The average Bonchev–Trinajstić information content (AvgIpc) is 2.45. The second-order valence-corrected chi connectivity index (χ2v) is 6.83. The number of rotatable bonds is 6. The highest BCUT2D eigenvalue weighted by molar-refractivity contribution is 7.90. The molecule has 0 unspecified atom stereocenters. The van der Waals surface area contributed by atoms with Gasteiger partial charge >= 0.3 is 0 Å². The van der Waals surface area contributed by atoms with E-state index in [1.54, 1.807) is 36.7 Å². The third kappa shape index (κ3) is 4.46. The van der Waals surface area contributed by atoms with Crippen molar-refractivity contribution in [1.29, 1.82) is 0 Å². The number of anilines is 3. The van der Waals surface area contributed by atoms with E-state index in [0.29, 0.717) is 4.90 Å². The van der Waals surface area contributed by atoms with Gasteiger partial charge in [0.25, 0.3) is 0 Å². The molecule has 1 aromatic heterocycles. The molecule has 21 heavy (non-hydrogen) atoms. The molecular weight excluding hydrogens is 286 g/mol. The SMILES string of the molecule is CCCNc1cncc(Nc2ccc(S(C)(=O)=O)cc2)c1. The number of nitrogens with one attached hydrogen (secondary N) is 2. The molecule has 0 aliphatic carbocycles. The van der Waals surface area contributed by atoms with Crippen LogP contribution in [0.5, 0.6) is 0 Å². The minimum absolute atomic E-state index is 0.310. The third-order valence-corrected chi connectivity index (χ3v) is 4.02. The molecule has 0 atom stereocenters. The number of hydrogen-bond donors (Lipinski definition) is 2. The molecule has 0 radical (unpaired) electrons. The van der Waals surface area contributed by atoms with Gasteiger partial charge in [0.15, 0.2) is 9.84 Å². The van der Waals surface area contributed by atoms with E-state index >= 15 is 0 Å². The maximum Gasteiger partial charge on any atom is 0.175 e. The highest BCUT2D eigenvalue weighted by atomic mass is 32.2. The maximum absolute atomic E-state index is 11.4. The molecule has 112 valence electrons. The molecule has 1 heterocycles. The van der Waals surface area contributed by atoms with Crippen LogP contribution in [0, 0.1) is 0 Å². The highest BCUT2D eigenvalue weighted by Crippen LogP contribution is 2.20. The second-order valence-electron chi connectivity index (χ2n) is 4.81. The fourth-order valence-corrected chi connectivity index (χ4v) is 2.46. The summed E-state index contributed by atoms with van der Waals surface area (Å²) in [6.45, 7) is 3.00. The molecule has 0 aliphatic heterocycles. The quantitative estimate of drug-likeness (QED) is 0.858. The van der Waals surface area contributed by atoms with Crippen molar-refractivity contribution >= 4 is 26.9 Å². The predicted molar refractivity (Wildman–Crippen MR) is 85.9 cm³/mol. The maximum atomic E-state index is 11.4. The van der Waals surface area contributed by atoms with Crippen LogP contribution in [0.1, 0.15) is 13.3 Å². The van der Waals surface area contributed by atoms with E-state index in [1.807, 2.05) is 6.07 Å². The molecule has 0 fully saturated rings. The van der Waals surface area contributed by atoms with Crippen molar-refractivity contribution in [3.8, 4) is 0 Å². The number of nitrogens with zero attached hydrogens (tertiary/aromatic N) is 1. The van der Waals surface area contributed by atoms with Gasteiger partial charge in [-0.05, 0) is 36.8 Å². The molecule has 0 saturated carbocycles. The van der Waals surface area contributed by atoms with Crippen molar-refractivity contribution in [2.75, 3.05) is 23.4 Å². The van der Waals surface area contributed by atoms with E-state index in [0.717, 1.165) is 30.0 Å². The van der Waals surface area contributed by atoms with E-state index < -0.39 is 9.84 Å². The first-order valence-corrected chi connectivity index (χ1v) is 8.64. The molecule has 0 amide bonds. The molecule has 0 saturated heterocycles. The molecule has 6 heteroatoms. The average molecular weight is 305 g/mol. The van der Waals surface area contributed by atoms with Crippen LogP contribution in [0.2, 0.25) is 0 Å². The van der Waals surface area contributed by atoms with Gasteiger partial charge in [-0.25, -0.2) is 8.42 Å². The summed E-state index contributed by atoms with van der Waals surface area (Å²) in [6.07, 6.45) is 5.74. The lowest BCUT2D eigenvalue weighted by Crippen LogP contribution is -2.01. The van der Waals surface area contributed by atoms with Crippen LogP contribution >= 0.6 is 0 Å². The van der Waals surface area contributed by atoms with Crippen molar-refractivity contribution in [2.45, 2.75) is 18.2 Å². The van der Waals surface area contributed by atoms with Crippen molar-refractivity contribution in [2.24, 2.45) is 0 Å². The van der Waals surface area contributed by atoms with Crippen molar-refractivity contribution < 1.29 is 8.42 Å². The van der Waals surface area contributed by atoms with Gasteiger partial charge in [-0.2, -0.15) is 0 Å². The van der Waals surface area contributed by atoms with Crippen LogP contribution < -0.4 is 10.6 Å². The Labute approximate surface area is 125 Å². The summed E-state index contributed by atoms with van der Waals surface area (Å²) in [7, 11) is -3.16. The Morgan fingerprint density at radius 2 is 1.71 bits per heavy atom. The largest absolute Gasteiger partial charge is 0.384 e. The lowest BCUT2D eigenvalue weighted by Gasteiger charge is -2.09. The monoisotopic (exact) mass is 305 g/mol. The lowest BCUT2D eigenvalue weighted by atomic mass is 10.3. The zero-order valence-corrected chi connectivity index (χ0v) is 12.9. The number of sulfone groups is 1. The first-order valence-electron chi connectivity index (χ1n) is 6.75. The smallest absolute Gasteiger partial charge is 0.175 e. The highest BCUT2D eigenvalue weighted by Gasteiger charge is 2.06. The molecule has 0 spiro atoms. The summed E-state index contributed by atoms with van der Waals surface area (Å²) in [5.74, 6) is 0. The molecule has 1 aromatic carbocycles. The summed E-state index contributed by atoms with van der Waals surface area (Å²) < 4.78 is 22.8. The van der Waals surface area contributed by atoms with E-state index in [2.05, 4.69) is 22.5 Å². The minimum Gasteiger partial charge on any atom is -0.384 e. The summed E-state index contributed by atoms with van der Waals surface area (Å²) in [6, 6.07) is 8.62. The van der Waals surface area contributed by atoms with E-state index in [4.69, 9.17) is 0 Å². The Bertz CT molecular complexity index is 697. The first kappa shape index (κ1) is 15.3.